The third kappa shape index (κ3) is 3.50. The summed E-state index contributed by atoms with van der Waals surface area (Å²) in [5.41, 5.74) is 3.76. The number of anilines is 1. The third-order valence-corrected chi connectivity index (χ3v) is 3.56. The molecule has 2 heterocycles. The first-order valence-corrected chi connectivity index (χ1v) is 7.25. The van der Waals surface area contributed by atoms with E-state index in [-0.39, 0.29) is 6.04 Å². The summed E-state index contributed by atoms with van der Waals surface area (Å²) in [6.45, 7) is 2.06. The molecule has 0 radical (unpaired) electrons. The number of rotatable bonds is 4. The maximum atomic E-state index is 8.73. The summed E-state index contributed by atoms with van der Waals surface area (Å²) in [5.74, 6) is 0.648. The summed E-state index contributed by atoms with van der Waals surface area (Å²) in [4.78, 5) is 12.2. The largest absolute Gasteiger partial charge is 0.362 e. The Morgan fingerprint density at radius 3 is 2.26 bits per heavy atom. The molecule has 0 spiro atoms. The molecule has 3 rings (SSSR count). The van der Waals surface area contributed by atoms with Crippen molar-refractivity contribution in [2.75, 3.05) is 5.32 Å². The maximum Gasteiger partial charge on any atom is 0.158 e. The van der Waals surface area contributed by atoms with E-state index >= 15 is 0 Å². The van der Waals surface area contributed by atoms with Gasteiger partial charge in [0.05, 0.1) is 12.4 Å². The number of hydrogen-bond acceptors (Lipinski definition) is 5. The smallest absolute Gasteiger partial charge is 0.158 e. The van der Waals surface area contributed by atoms with Gasteiger partial charge >= 0.3 is 0 Å². The lowest BCUT2D eigenvalue weighted by molar-refractivity contribution is 0.871. The van der Waals surface area contributed by atoms with E-state index in [1.807, 2.05) is 18.2 Å². The minimum atomic E-state index is 0.0868. The predicted molar refractivity (Wildman–Crippen MR) is 88.5 cm³/mol. The fourth-order valence-corrected chi connectivity index (χ4v) is 2.27. The quantitative estimate of drug-likeness (QED) is 0.797. The van der Waals surface area contributed by atoms with Gasteiger partial charge in [-0.25, -0.2) is 9.97 Å². The van der Waals surface area contributed by atoms with Crippen LogP contribution in [-0.2, 0) is 0 Å². The summed E-state index contributed by atoms with van der Waals surface area (Å²) in [7, 11) is 0. The van der Waals surface area contributed by atoms with Gasteiger partial charge in [0.25, 0.3) is 0 Å². The molecule has 0 bridgehead atoms. The van der Waals surface area contributed by atoms with Crippen LogP contribution >= 0.6 is 0 Å². The van der Waals surface area contributed by atoms with Gasteiger partial charge < -0.3 is 5.32 Å². The van der Waals surface area contributed by atoms with Crippen LogP contribution in [0.3, 0.4) is 0 Å². The van der Waals surface area contributed by atoms with Crippen LogP contribution in [0.25, 0.3) is 11.1 Å². The van der Waals surface area contributed by atoms with E-state index in [0.717, 1.165) is 16.7 Å². The van der Waals surface area contributed by atoms with Gasteiger partial charge in [-0.3, -0.25) is 4.98 Å². The first-order valence-electron chi connectivity index (χ1n) is 7.25. The maximum absolute atomic E-state index is 8.73. The number of pyridine rings is 1. The lowest BCUT2D eigenvalue weighted by Gasteiger charge is -2.15. The molecule has 2 aromatic heterocycles. The zero-order valence-corrected chi connectivity index (χ0v) is 12.6. The molecule has 0 saturated carbocycles. The van der Waals surface area contributed by atoms with Gasteiger partial charge in [0.2, 0.25) is 0 Å². The van der Waals surface area contributed by atoms with E-state index in [4.69, 9.17) is 5.26 Å². The molecule has 0 aliphatic heterocycles. The van der Waals surface area contributed by atoms with Gasteiger partial charge in [0.15, 0.2) is 5.69 Å². The van der Waals surface area contributed by atoms with Crippen molar-refractivity contribution >= 4 is 5.82 Å². The van der Waals surface area contributed by atoms with E-state index in [0.29, 0.717) is 11.5 Å². The highest BCUT2D eigenvalue weighted by Crippen LogP contribution is 2.23. The number of aromatic nitrogens is 3. The van der Waals surface area contributed by atoms with Crippen molar-refractivity contribution in [1.82, 2.24) is 15.0 Å². The molecule has 5 heteroatoms. The van der Waals surface area contributed by atoms with Gasteiger partial charge in [-0.05, 0) is 35.7 Å². The molecule has 1 aromatic carbocycles. The van der Waals surface area contributed by atoms with Crippen molar-refractivity contribution in [3.05, 3.63) is 72.4 Å². The van der Waals surface area contributed by atoms with Crippen LogP contribution in [-0.4, -0.2) is 15.0 Å². The van der Waals surface area contributed by atoms with Crippen molar-refractivity contribution in [3.8, 4) is 17.2 Å². The van der Waals surface area contributed by atoms with Crippen LogP contribution in [0.2, 0.25) is 0 Å². The number of hydrogen-bond donors (Lipinski definition) is 1. The van der Waals surface area contributed by atoms with E-state index in [1.54, 1.807) is 18.6 Å². The van der Waals surface area contributed by atoms with Crippen LogP contribution in [0.4, 0.5) is 5.82 Å². The summed E-state index contributed by atoms with van der Waals surface area (Å²) in [6, 6.07) is 14.4. The van der Waals surface area contributed by atoms with Crippen molar-refractivity contribution in [2.24, 2.45) is 0 Å². The van der Waals surface area contributed by atoms with Crippen molar-refractivity contribution in [1.29, 1.82) is 5.26 Å². The monoisotopic (exact) mass is 301 g/mol. The van der Waals surface area contributed by atoms with Crippen LogP contribution in [0.5, 0.6) is 0 Å². The van der Waals surface area contributed by atoms with E-state index < -0.39 is 0 Å². The Bertz CT molecular complexity index is 805. The second kappa shape index (κ2) is 6.67. The number of nitriles is 1. The average molecular weight is 301 g/mol. The number of benzene rings is 1. The molecule has 0 amide bonds. The highest BCUT2D eigenvalue weighted by Gasteiger charge is 2.07. The Labute approximate surface area is 134 Å². The Morgan fingerprint density at radius 1 is 0.957 bits per heavy atom. The van der Waals surface area contributed by atoms with E-state index in [1.165, 1.54) is 6.20 Å². The third-order valence-electron chi connectivity index (χ3n) is 3.56. The Kier molecular flexibility index (Phi) is 4.25. The number of nitrogens with one attached hydrogen (secondary N) is 1. The zero-order valence-electron chi connectivity index (χ0n) is 12.6. The molecule has 23 heavy (non-hydrogen) atoms. The first kappa shape index (κ1) is 14.7. The first-order chi connectivity index (χ1) is 11.3. The summed E-state index contributed by atoms with van der Waals surface area (Å²) in [6.07, 6.45) is 6.61. The van der Waals surface area contributed by atoms with Gasteiger partial charge in [0.1, 0.15) is 11.9 Å². The molecule has 0 fully saturated rings. The second-order valence-electron chi connectivity index (χ2n) is 5.12. The minimum absolute atomic E-state index is 0.0868. The van der Waals surface area contributed by atoms with E-state index in [9.17, 15) is 0 Å². The van der Waals surface area contributed by atoms with Crippen molar-refractivity contribution in [2.45, 2.75) is 13.0 Å². The highest BCUT2D eigenvalue weighted by molar-refractivity contribution is 5.63. The zero-order chi connectivity index (χ0) is 16.1. The normalized spacial score (nSPS) is 11.5. The van der Waals surface area contributed by atoms with Crippen molar-refractivity contribution in [3.63, 3.8) is 0 Å². The second-order valence-corrected chi connectivity index (χ2v) is 5.12. The molecule has 3 aromatic rings. The number of nitrogens with zero attached hydrogens (tertiary/aromatic N) is 4. The van der Waals surface area contributed by atoms with Crippen LogP contribution < -0.4 is 5.32 Å². The molecule has 1 N–H and O–H groups in total. The van der Waals surface area contributed by atoms with Crippen LogP contribution in [0.15, 0.2) is 61.2 Å². The minimum Gasteiger partial charge on any atom is -0.362 e. The van der Waals surface area contributed by atoms with Crippen molar-refractivity contribution < 1.29 is 0 Å². The lowest BCUT2D eigenvalue weighted by Crippen LogP contribution is -2.08. The average Bonchev–Trinajstić information content (AvgIpc) is 2.63. The molecular weight excluding hydrogens is 286 g/mol. The Balaban J connectivity index is 1.72. The van der Waals surface area contributed by atoms with Crippen LogP contribution in [0.1, 0.15) is 24.2 Å². The molecule has 112 valence electrons. The molecule has 0 aliphatic carbocycles. The molecule has 1 atom stereocenters. The topological polar surface area (TPSA) is 74.5 Å². The van der Waals surface area contributed by atoms with E-state index in [2.05, 4.69) is 51.5 Å². The summed E-state index contributed by atoms with van der Waals surface area (Å²) in [5, 5.41) is 12.0. The molecule has 0 saturated heterocycles. The highest BCUT2D eigenvalue weighted by atomic mass is 15.0. The van der Waals surface area contributed by atoms with Crippen LogP contribution in [0, 0.1) is 11.3 Å². The Morgan fingerprint density at radius 2 is 1.65 bits per heavy atom. The molecular formula is C18H15N5. The fourth-order valence-electron chi connectivity index (χ4n) is 2.27. The fraction of sp³-hybridized carbons (Fsp3) is 0.111. The van der Waals surface area contributed by atoms with Gasteiger partial charge in [-0.1, -0.05) is 24.3 Å². The van der Waals surface area contributed by atoms with Gasteiger partial charge in [-0.15, -0.1) is 0 Å². The Hall–Kier alpha value is -3.26. The lowest BCUT2D eigenvalue weighted by atomic mass is 10.0. The standard InChI is InChI=1S/C18H15N5/c1-13(23-18-12-21-17(10-19)11-22-18)14-2-4-15(5-3-14)16-6-8-20-9-7-16/h2-9,11-13H,1H3,(H,22,23). The van der Waals surface area contributed by atoms with Gasteiger partial charge in [0, 0.05) is 18.4 Å². The predicted octanol–water partition coefficient (Wildman–Crippen LogP) is 3.58. The molecule has 0 aliphatic rings. The van der Waals surface area contributed by atoms with Gasteiger partial charge in [-0.2, -0.15) is 5.26 Å². The summed E-state index contributed by atoms with van der Waals surface area (Å²) < 4.78 is 0. The molecule has 1 unspecified atom stereocenters. The summed E-state index contributed by atoms with van der Waals surface area (Å²) >= 11 is 0. The molecule has 5 nitrogen and oxygen atoms in total. The SMILES string of the molecule is CC(Nc1cnc(C#N)cn1)c1ccc(-c2ccncc2)cc1.